The Hall–Kier alpha value is -2.87. The third-order valence-corrected chi connectivity index (χ3v) is 3.91. The van der Waals surface area contributed by atoms with Crippen molar-refractivity contribution in [1.29, 1.82) is 0 Å². The molecule has 0 fully saturated rings. The summed E-state index contributed by atoms with van der Waals surface area (Å²) in [7, 11) is 0. The normalized spacial score (nSPS) is 10.7. The molecule has 1 heterocycles. The molecule has 5 nitrogen and oxygen atoms in total. The van der Waals surface area contributed by atoms with Gasteiger partial charge in [-0.15, -0.1) is 0 Å². The fourth-order valence-electron chi connectivity index (χ4n) is 1.97. The molecule has 2 aromatic carbocycles. The molecule has 0 aliphatic carbocycles. The summed E-state index contributed by atoms with van der Waals surface area (Å²) in [4.78, 5) is 27.0. The molecule has 1 aromatic heterocycles. The molecule has 0 radical (unpaired) electrons. The number of aromatic nitrogens is 1. The van der Waals surface area contributed by atoms with Crippen molar-refractivity contribution in [2.75, 3.05) is 5.32 Å². The van der Waals surface area contributed by atoms with Crippen LogP contribution in [0.2, 0.25) is 0 Å². The molecule has 8 heteroatoms. The fraction of sp³-hybridized carbons (Fsp3) is 0. The SMILES string of the molecule is O=C(O)c1ccc2nc(NC(=O)c3cc(F)cc(F)c3)sc2c1. The maximum absolute atomic E-state index is 13.1. The molecule has 0 spiro atoms. The second-order valence-corrected chi connectivity index (χ2v) is 5.65. The molecule has 3 aromatic rings. The van der Waals surface area contributed by atoms with Gasteiger partial charge in [-0.05, 0) is 30.3 Å². The van der Waals surface area contributed by atoms with Crippen LogP contribution in [0.15, 0.2) is 36.4 Å². The zero-order valence-electron chi connectivity index (χ0n) is 11.3. The van der Waals surface area contributed by atoms with Crippen LogP contribution < -0.4 is 5.32 Å². The molecule has 0 saturated heterocycles. The highest BCUT2D eigenvalue weighted by Gasteiger charge is 2.13. The third kappa shape index (κ3) is 3.16. The molecular formula is C15H8F2N2O3S. The minimum Gasteiger partial charge on any atom is -0.478 e. The molecule has 0 aliphatic rings. The van der Waals surface area contributed by atoms with E-state index in [2.05, 4.69) is 10.3 Å². The van der Waals surface area contributed by atoms with Crippen LogP contribution in [0, 0.1) is 11.6 Å². The Morgan fingerprint density at radius 2 is 1.74 bits per heavy atom. The number of thiazole rings is 1. The van der Waals surface area contributed by atoms with Crippen LogP contribution in [-0.4, -0.2) is 22.0 Å². The number of nitrogens with zero attached hydrogens (tertiary/aromatic N) is 1. The van der Waals surface area contributed by atoms with E-state index in [-0.39, 0.29) is 16.3 Å². The van der Waals surface area contributed by atoms with Gasteiger partial charge in [-0.25, -0.2) is 18.6 Å². The Bertz CT molecular complexity index is 919. The van der Waals surface area contributed by atoms with Crippen LogP contribution in [0.3, 0.4) is 0 Å². The highest BCUT2D eigenvalue weighted by Crippen LogP contribution is 2.27. The van der Waals surface area contributed by atoms with Gasteiger partial charge in [-0.3, -0.25) is 10.1 Å². The van der Waals surface area contributed by atoms with Crippen molar-refractivity contribution in [2.45, 2.75) is 0 Å². The van der Waals surface area contributed by atoms with E-state index < -0.39 is 23.5 Å². The summed E-state index contributed by atoms with van der Waals surface area (Å²) in [5.74, 6) is -3.49. The molecule has 0 atom stereocenters. The van der Waals surface area contributed by atoms with Gasteiger partial charge >= 0.3 is 5.97 Å². The smallest absolute Gasteiger partial charge is 0.335 e. The molecule has 23 heavy (non-hydrogen) atoms. The number of rotatable bonds is 3. The number of halogens is 2. The second kappa shape index (κ2) is 5.73. The summed E-state index contributed by atoms with van der Waals surface area (Å²) >= 11 is 1.07. The quantitative estimate of drug-likeness (QED) is 0.768. The standard InChI is InChI=1S/C15H8F2N2O3S/c16-9-3-8(4-10(17)6-9)13(20)19-15-18-11-2-1-7(14(21)22)5-12(11)23-15/h1-6H,(H,21,22)(H,18,19,20). The highest BCUT2D eigenvalue weighted by atomic mass is 32.1. The van der Waals surface area contributed by atoms with Crippen molar-refractivity contribution in [3.05, 3.63) is 59.2 Å². The second-order valence-electron chi connectivity index (χ2n) is 4.62. The van der Waals surface area contributed by atoms with Gasteiger partial charge in [0.1, 0.15) is 11.6 Å². The average Bonchev–Trinajstić information content (AvgIpc) is 2.87. The monoisotopic (exact) mass is 334 g/mol. The number of carbonyl (C=O) groups excluding carboxylic acids is 1. The lowest BCUT2D eigenvalue weighted by atomic mass is 10.2. The van der Waals surface area contributed by atoms with Crippen molar-refractivity contribution in [3.63, 3.8) is 0 Å². The van der Waals surface area contributed by atoms with Gasteiger partial charge in [0.25, 0.3) is 5.91 Å². The first-order valence-corrected chi connectivity index (χ1v) is 7.15. The zero-order chi connectivity index (χ0) is 16.6. The molecule has 3 rings (SSSR count). The summed E-state index contributed by atoms with van der Waals surface area (Å²) in [5.41, 5.74) is 0.444. The Labute approximate surface area is 132 Å². The van der Waals surface area contributed by atoms with Crippen LogP contribution in [-0.2, 0) is 0 Å². The van der Waals surface area contributed by atoms with Crippen LogP contribution in [0.1, 0.15) is 20.7 Å². The van der Waals surface area contributed by atoms with E-state index in [1.165, 1.54) is 18.2 Å². The number of amides is 1. The van der Waals surface area contributed by atoms with Gasteiger partial charge in [0, 0.05) is 11.6 Å². The number of benzene rings is 2. The molecule has 0 unspecified atom stereocenters. The summed E-state index contributed by atoms with van der Waals surface area (Å²) < 4.78 is 26.8. The number of carboxylic acid groups (broad SMARTS) is 1. The van der Waals surface area contributed by atoms with Crippen LogP contribution in [0.5, 0.6) is 0 Å². The van der Waals surface area contributed by atoms with Gasteiger partial charge < -0.3 is 5.11 Å². The number of nitrogens with one attached hydrogen (secondary N) is 1. The van der Waals surface area contributed by atoms with Gasteiger partial charge in [-0.2, -0.15) is 0 Å². The summed E-state index contributed by atoms with van der Waals surface area (Å²) in [6, 6.07) is 6.85. The van der Waals surface area contributed by atoms with Gasteiger partial charge in [0.15, 0.2) is 5.13 Å². The Morgan fingerprint density at radius 1 is 1.04 bits per heavy atom. The number of hydrogen-bond acceptors (Lipinski definition) is 4. The average molecular weight is 334 g/mol. The van der Waals surface area contributed by atoms with E-state index in [4.69, 9.17) is 5.11 Å². The minimum absolute atomic E-state index is 0.103. The summed E-state index contributed by atoms with van der Waals surface area (Å²) in [5, 5.41) is 11.6. The Balaban J connectivity index is 1.88. The molecule has 0 saturated carbocycles. The molecular weight excluding hydrogens is 326 g/mol. The predicted molar refractivity (Wildman–Crippen MR) is 80.9 cm³/mol. The minimum atomic E-state index is -1.07. The third-order valence-electron chi connectivity index (χ3n) is 2.98. The molecule has 1 amide bonds. The first-order chi connectivity index (χ1) is 10.9. The molecule has 0 bridgehead atoms. The van der Waals surface area contributed by atoms with Crippen molar-refractivity contribution in [3.8, 4) is 0 Å². The van der Waals surface area contributed by atoms with Gasteiger partial charge in [0.2, 0.25) is 0 Å². The lowest BCUT2D eigenvalue weighted by Gasteiger charge is -2.01. The maximum atomic E-state index is 13.1. The largest absolute Gasteiger partial charge is 0.478 e. The van der Waals surface area contributed by atoms with E-state index in [1.54, 1.807) is 0 Å². The van der Waals surface area contributed by atoms with Crippen LogP contribution in [0.4, 0.5) is 13.9 Å². The fourth-order valence-corrected chi connectivity index (χ4v) is 2.87. The maximum Gasteiger partial charge on any atom is 0.335 e. The van der Waals surface area contributed by atoms with Crippen molar-refractivity contribution >= 4 is 38.6 Å². The Kier molecular flexibility index (Phi) is 3.75. The van der Waals surface area contributed by atoms with Crippen molar-refractivity contribution in [2.24, 2.45) is 0 Å². The highest BCUT2D eigenvalue weighted by molar-refractivity contribution is 7.22. The number of hydrogen-bond donors (Lipinski definition) is 2. The summed E-state index contributed by atoms with van der Waals surface area (Å²) in [6.07, 6.45) is 0. The van der Waals surface area contributed by atoms with Crippen molar-refractivity contribution in [1.82, 2.24) is 4.98 Å². The lowest BCUT2D eigenvalue weighted by molar-refractivity contribution is 0.0697. The van der Waals surface area contributed by atoms with E-state index in [9.17, 15) is 18.4 Å². The Morgan fingerprint density at radius 3 is 2.39 bits per heavy atom. The van der Waals surface area contributed by atoms with E-state index in [1.807, 2.05) is 0 Å². The van der Waals surface area contributed by atoms with E-state index in [0.717, 1.165) is 23.5 Å². The first-order valence-electron chi connectivity index (χ1n) is 6.34. The van der Waals surface area contributed by atoms with Gasteiger partial charge in [-0.1, -0.05) is 11.3 Å². The number of fused-ring (bicyclic) bond motifs is 1. The molecule has 2 N–H and O–H groups in total. The van der Waals surface area contributed by atoms with Crippen molar-refractivity contribution < 1.29 is 23.5 Å². The van der Waals surface area contributed by atoms with Crippen LogP contribution in [0.25, 0.3) is 10.2 Å². The number of carbonyl (C=O) groups is 2. The number of anilines is 1. The zero-order valence-corrected chi connectivity index (χ0v) is 12.2. The van der Waals surface area contributed by atoms with Gasteiger partial charge in [0.05, 0.1) is 15.8 Å². The topological polar surface area (TPSA) is 79.3 Å². The predicted octanol–water partition coefficient (Wildman–Crippen LogP) is 3.53. The van der Waals surface area contributed by atoms with E-state index in [0.29, 0.717) is 16.3 Å². The molecule has 0 aliphatic heterocycles. The van der Waals surface area contributed by atoms with E-state index >= 15 is 0 Å². The first kappa shape index (κ1) is 15.0. The number of aromatic carboxylic acids is 1. The molecule has 116 valence electrons. The van der Waals surface area contributed by atoms with Crippen LogP contribution >= 0.6 is 11.3 Å². The summed E-state index contributed by atoms with van der Waals surface area (Å²) in [6.45, 7) is 0. The lowest BCUT2D eigenvalue weighted by Crippen LogP contribution is -2.12. The number of carboxylic acids is 1.